The van der Waals surface area contributed by atoms with E-state index in [1.165, 1.54) is 10.8 Å². The van der Waals surface area contributed by atoms with Gasteiger partial charge >= 0.3 is 5.69 Å². The molecular formula is C22H28N2O7. The molecule has 1 spiro atoms. The molecule has 2 aliphatic rings. The highest BCUT2D eigenvalue weighted by Gasteiger charge is 2.57. The van der Waals surface area contributed by atoms with Gasteiger partial charge < -0.3 is 24.1 Å². The van der Waals surface area contributed by atoms with Gasteiger partial charge in [0.15, 0.2) is 5.79 Å². The molecule has 2 saturated heterocycles. The van der Waals surface area contributed by atoms with Gasteiger partial charge in [0.05, 0.1) is 19.8 Å². The summed E-state index contributed by atoms with van der Waals surface area (Å²) in [6.45, 7) is 5.30. The van der Waals surface area contributed by atoms with Crippen LogP contribution in [0.1, 0.15) is 37.6 Å². The van der Waals surface area contributed by atoms with Gasteiger partial charge in [-0.2, -0.15) is 0 Å². The number of rotatable bonds is 6. The van der Waals surface area contributed by atoms with Crippen molar-refractivity contribution in [2.24, 2.45) is 0 Å². The first-order valence-electron chi connectivity index (χ1n) is 10.3. The van der Waals surface area contributed by atoms with Crippen molar-refractivity contribution in [1.82, 2.24) is 9.13 Å². The lowest BCUT2D eigenvalue weighted by atomic mass is 9.96. The van der Waals surface area contributed by atoms with Crippen molar-refractivity contribution < 1.29 is 24.1 Å². The summed E-state index contributed by atoms with van der Waals surface area (Å²) < 4.78 is 25.8. The summed E-state index contributed by atoms with van der Waals surface area (Å²) in [5, 5.41) is 9.85. The van der Waals surface area contributed by atoms with Gasteiger partial charge in [0.25, 0.3) is 5.56 Å². The molecule has 4 rings (SSSR count). The Kier molecular flexibility index (Phi) is 5.89. The number of aliphatic hydroxyl groups excluding tert-OH is 1. The largest absolute Gasteiger partial charge is 0.394 e. The Balaban J connectivity index is 1.58. The number of hydrogen-bond donors (Lipinski definition) is 1. The van der Waals surface area contributed by atoms with Gasteiger partial charge in [-0.1, -0.05) is 30.3 Å². The standard InChI is InChI=1S/C22H28N2O7/c1-15-10-23(18-9-22(17(11-25)30-18)13-29-21(2,3)31-22)20(27)24(19(15)26)14-28-12-16-7-5-4-6-8-16/h4-8,10,17-18,25H,9,11-14H2,1-3H3/t17-,18-,22?/m1/s1. The lowest BCUT2D eigenvalue weighted by Gasteiger charge is -2.27. The molecule has 168 valence electrons. The predicted molar refractivity (Wildman–Crippen MR) is 110 cm³/mol. The van der Waals surface area contributed by atoms with E-state index < -0.39 is 35.0 Å². The molecule has 2 aromatic rings. The van der Waals surface area contributed by atoms with Crippen LogP contribution < -0.4 is 11.2 Å². The quantitative estimate of drug-likeness (QED) is 0.734. The monoisotopic (exact) mass is 432 g/mol. The maximum absolute atomic E-state index is 13.1. The fourth-order valence-electron chi connectivity index (χ4n) is 4.17. The maximum Gasteiger partial charge on any atom is 0.335 e. The van der Waals surface area contributed by atoms with Crippen molar-refractivity contribution in [3.8, 4) is 0 Å². The summed E-state index contributed by atoms with van der Waals surface area (Å²) in [5.74, 6) is -0.809. The third kappa shape index (κ3) is 4.24. The van der Waals surface area contributed by atoms with E-state index in [0.29, 0.717) is 12.0 Å². The highest BCUT2D eigenvalue weighted by atomic mass is 16.8. The molecule has 0 amide bonds. The number of benzene rings is 1. The van der Waals surface area contributed by atoms with E-state index in [4.69, 9.17) is 18.9 Å². The summed E-state index contributed by atoms with van der Waals surface area (Å²) in [7, 11) is 0. The van der Waals surface area contributed by atoms with Gasteiger partial charge in [-0.3, -0.25) is 9.36 Å². The van der Waals surface area contributed by atoms with Crippen LogP contribution in [0.25, 0.3) is 0 Å². The molecule has 9 heteroatoms. The minimum Gasteiger partial charge on any atom is -0.394 e. The predicted octanol–water partition coefficient (Wildman–Crippen LogP) is 1.29. The van der Waals surface area contributed by atoms with E-state index in [2.05, 4.69) is 0 Å². The van der Waals surface area contributed by atoms with Crippen molar-refractivity contribution in [1.29, 1.82) is 0 Å². The van der Waals surface area contributed by atoms with Crippen LogP contribution in [0.5, 0.6) is 0 Å². The molecule has 31 heavy (non-hydrogen) atoms. The molecule has 9 nitrogen and oxygen atoms in total. The summed E-state index contributed by atoms with van der Waals surface area (Å²) in [6.07, 6.45) is 0.435. The molecule has 1 aromatic heterocycles. The fraction of sp³-hybridized carbons (Fsp3) is 0.545. The Morgan fingerprint density at radius 1 is 1.23 bits per heavy atom. The molecule has 0 aliphatic carbocycles. The van der Waals surface area contributed by atoms with Gasteiger partial charge in [0, 0.05) is 18.2 Å². The van der Waals surface area contributed by atoms with Crippen molar-refractivity contribution in [2.75, 3.05) is 13.2 Å². The molecule has 3 heterocycles. The molecule has 2 fully saturated rings. The molecule has 0 saturated carbocycles. The first kappa shape index (κ1) is 21.9. The minimum atomic E-state index is -0.860. The summed E-state index contributed by atoms with van der Waals surface area (Å²) in [5.41, 5.74) is -0.489. The number of ether oxygens (including phenoxy) is 4. The van der Waals surface area contributed by atoms with Crippen LogP contribution in [0.3, 0.4) is 0 Å². The van der Waals surface area contributed by atoms with Gasteiger partial charge in [-0.15, -0.1) is 0 Å². The van der Waals surface area contributed by atoms with Crippen molar-refractivity contribution in [2.45, 2.75) is 64.2 Å². The number of aromatic nitrogens is 2. The highest BCUT2D eigenvalue weighted by molar-refractivity contribution is 5.13. The Bertz CT molecular complexity index is 1050. The Hall–Kier alpha value is -2.30. The number of aryl methyl sites for hydroxylation is 1. The lowest BCUT2D eigenvalue weighted by molar-refractivity contribution is -0.176. The second-order valence-corrected chi connectivity index (χ2v) is 8.52. The van der Waals surface area contributed by atoms with E-state index in [9.17, 15) is 14.7 Å². The average Bonchev–Trinajstić information content (AvgIpc) is 3.26. The molecule has 1 unspecified atom stereocenters. The molecule has 1 N–H and O–H groups in total. The summed E-state index contributed by atoms with van der Waals surface area (Å²) >= 11 is 0. The molecule has 2 aliphatic heterocycles. The third-order valence-electron chi connectivity index (χ3n) is 5.72. The van der Waals surface area contributed by atoms with Gasteiger partial charge in [-0.25, -0.2) is 9.36 Å². The van der Waals surface area contributed by atoms with Crippen LogP contribution in [0.4, 0.5) is 0 Å². The van der Waals surface area contributed by atoms with E-state index in [0.717, 1.165) is 10.1 Å². The SMILES string of the molecule is Cc1cn([C@H]2CC3(COC(C)(C)O3)[C@@H](CO)O2)c(=O)n(COCc2ccccc2)c1=O. The maximum atomic E-state index is 13.1. The number of nitrogens with zero attached hydrogens (tertiary/aromatic N) is 2. The van der Waals surface area contributed by atoms with E-state index in [1.807, 2.05) is 30.3 Å². The number of aliphatic hydroxyl groups is 1. The fourth-order valence-corrected chi connectivity index (χ4v) is 4.17. The van der Waals surface area contributed by atoms with E-state index in [1.54, 1.807) is 20.8 Å². The van der Waals surface area contributed by atoms with Crippen molar-refractivity contribution >= 4 is 0 Å². The Labute approximate surface area is 179 Å². The second kappa shape index (κ2) is 8.33. The van der Waals surface area contributed by atoms with E-state index in [-0.39, 0.29) is 26.6 Å². The Morgan fingerprint density at radius 2 is 1.97 bits per heavy atom. The van der Waals surface area contributed by atoms with Crippen LogP contribution in [-0.2, 0) is 32.3 Å². The van der Waals surface area contributed by atoms with Crippen LogP contribution in [0.15, 0.2) is 46.1 Å². The first-order valence-corrected chi connectivity index (χ1v) is 10.3. The molecule has 1 aromatic carbocycles. The van der Waals surface area contributed by atoms with Gasteiger partial charge in [0.1, 0.15) is 24.7 Å². The molecule has 0 bridgehead atoms. The topological polar surface area (TPSA) is 101 Å². The zero-order valence-corrected chi connectivity index (χ0v) is 17.9. The zero-order valence-electron chi connectivity index (χ0n) is 17.9. The van der Waals surface area contributed by atoms with Gasteiger partial charge in [0.2, 0.25) is 0 Å². The molecule has 3 atom stereocenters. The van der Waals surface area contributed by atoms with Crippen LogP contribution in [-0.4, -0.2) is 44.9 Å². The van der Waals surface area contributed by atoms with Crippen molar-refractivity contribution in [3.05, 3.63) is 68.5 Å². The zero-order chi connectivity index (χ0) is 22.2. The third-order valence-corrected chi connectivity index (χ3v) is 5.72. The average molecular weight is 432 g/mol. The summed E-state index contributed by atoms with van der Waals surface area (Å²) in [4.78, 5) is 25.7. The Morgan fingerprint density at radius 3 is 2.61 bits per heavy atom. The minimum absolute atomic E-state index is 0.178. The molecule has 0 radical (unpaired) electrons. The van der Waals surface area contributed by atoms with E-state index >= 15 is 0 Å². The van der Waals surface area contributed by atoms with Crippen LogP contribution >= 0.6 is 0 Å². The van der Waals surface area contributed by atoms with Crippen LogP contribution in [0, 0.1) is 6.92 Å². The van der Waals surface area contributed by atoms with Crippen LogP contribution in [0.2, 0.25) is 0 Å². The summed E-state index contributed by atoms with van der Waals surface area (Å²) in [6, 6.07) is 9.50. The van der Waals surface area contributed by atoms with Crippen molar-refractivity contribution in [3.63, 3.8) is 0 Å². The lowest BCUT2D eigenvalue weighted by Crippen LogP contribution is -2.44. The normalized spacial score (nSPS) is 27.2. The second-order valence-electron chi connectivity index (χ2n) is 8.52. The molecular weight excluding hydrogens is 404 g/mol. The van der Waals surface area contributed by atoms with Gasteiger partial charge in [-0.05, 0) is 26.3 Å². The smallest absolute Gasteiger partial charge is 0.335 e. The first-order chi connectivity index (χ1) is 14.7. The highest BCUT2D eigenvalue weighted by Crippen LogP contribution is 2.45. The number of hydrogen-bond acceptors (Lipinski definition) is 7.